The van der Waals surface area contributed by atoms with E-state index < -0.39 is 11.7 Å². The molecule has 0 saturated carbocycles. The number of amides is 2. The summed E-state index contributed by atoms with van der Waals surface area (Å²) in [5.41, 5.74) is 3.67. The number of alkyl halides is 3. The Morgan fingerprint density at radius 1 is 1.02 bits per heavy atom. The SMILES string of the molecule is CN(Cc1ccc(C(F)(F)F)cc1)c1ccc2c(c1)C(=O)N(C)[C@H]1CC[C@@H](CNC(=O)C3Cc4ccccc4C3)O[C@H]1CO2. The Hall–Kier alpha value is -4.05. The lowest BCUT2D eigenvalue weighted by atomic mass is 9.95. The van der Waals surface area contributed by atoms with Gasteiger partial charge in [0, 0.05) is 38.8 Å². The maximum Gasteiger partial charge on any atom is 0.416 e. The van der Waals surface area contributed by atoms with Crippen molar-refractivity contribution in [3.63, 3.8) is 0 Å². The molecular formula is C34H36F3N3O4. The number of rotatable bonds is 6. The van der Waals surface area contributed by atoms with Crippen LogP contribution in [0.2, 0.25) is 0 Å². The van der Waals surface area contributed by atoms with Gasteiger partial charge in [0.15, 0.2) is 0 Å². The molecule has 1 saturated heterocycles. The molecule has 1 fully saturated rings. The van der Waals surface area contributed by atoms with Gasteiger partial charge in [-0.3, -0.25) is 9.59 Å². The molecule has 10 heteroatoms. The van der Waals surface area contributed by atoms with Crippen molar-refractivity contribution in [1.82, 2.24) is 10.2 Å². The minimum Gasteiger partial charge on any atom is -0.490 e. The van der Waals surface area contributed by atoms with Crippen LogP contribution in [0.15, 0.2) is 66.7 Å². The molecule has 0 spiro atoms. The molecule has 3 aromatic carbocycles. The normalized spacial score (nSPS) is 21.8. The van der Waals surface area contributed by atoms with Gasteiger partial charge in [0.05, 0.1) is 23.3 Å². The minimum absolute atomic E-state index is 0.0427. The predicted molar refractivity (Wildman–Crippen MR) is 160 cm³/mol. The fourth-order valence-electron chi connectivity index (χ4n) is 6.52. The van der Waals surface area contributed by atoms with Gasteiger partial charge in [0.2, 0.25) is 5.91 Å². The number of carbonyl (C=O) groups excluding carboxylic acids is 2. The van der Waals surface area contributed by atoms with Gasteiger partial charge in [-0.15, -0.1) is 0 Å². The van der Waals surface area contributed by atoms with E-state index in [0.29, 0.717) is 42.8 Å². The number of fused-ring (bicyclic) bond motifs is 3. The molecule has 0 bridgehead atoms. The number of nitrogens with one attached hydrogen (secondary N) is 1. The molecule has 0 radical (unpaired) electrons. The van der Waals surface area contributed by atoms with Crippen LogP contribution in [0, 0.1) is 5.92 Å². The number of halogens is 3. The van der Waals surface area contributed by atoms with Gasteiger partial charge in [-0.1, -0.05) is 36.4 Å². The summed E-state index contributed by atoms with van der Waals surface area (Å²) < 4.78 is 51.3. The van der Waals surface area contributed by atoms with Crippen LogP contribution in [0.5, 0.6) is 5.75 Å². The lowest BCUT2D eigenvalue weighted by molar-refractivity contribution is -0.137. The van der Waals surface area contributed by atoms with Crippen LogP contribution in [-0.4, -0.2) is 62.2 Å². The summed E-state index contributed by atoms with van der Waals surface area (Å²) in [6.07, 6.45) is -1.96. The van der Waals surface area contributed by atoms with Gasteiger partial charge in [-0.2, -0.15) is 13.2 Å². The van der Waals surface area contributed by atoms with Gasteiger partial charge in [-0.25, -0.2) is 0 Å². The van der Waals surface area contributed by atoms with Crippen LogP contribution >= 0.6 is 0 Å². The molecule has 2 amide bonds. The predicted octanol–water partition coefficient (Wildman–Crippen LogP) is 5.25. The van der Waals surface area contributed by atoms with Crippen LogP contribution in [0.25, 0.3) is 0 Å². The molecule has 0 aromatic heterocycles. The fourth-order valence-corrected chi connectivity index (χ4v) is 6.52. The van der Waals surface area contributed by atoms with Gasteiger partial charge in [0.25, 0.3) is 5.91 Å². The van der Waals surface area contributed by atoms with Crippen molar-refractivity contribution >= 4 is 17.5 Å². The van der Waals surface area contributed by atoms with E-state index in [0.717, 1.165) is 30.7 Å². The number of hydrogen-bond acceptors (Lipinski definition) is 5. The first-order valence-electron chi connectivity index (χ1n) is 15.0. The van der Waals surface area contributed by atoms with Crippen molar-refractivity contribution in [3.05, 3.63) is 94.5 Å². The lowest BCUT2D eigenvalue weighted by Crippen LogP contribution is -2.55. The lowest BCUT2D eigenvalue weighted by Gasteiger charge is -2.42. The number of ether oxygens (including phenoxy) is 2. The van der Waals surface area contributed by atoms with E-state index in [4.69, 9.17) is 9.47 Å². The third-order valence-electron chi connectivity index (χ3n) is 9.06. The Balaban J connectivity index is 1.07. The quantitative estimate of drug-likeness (QED) is 0.415. The summed E-state index contributed by atoms with van der Waals surface area (Å²) in [6.45, 7) is 1.04. The zero-order valence-corrected chi connectivity index (χ0v) is 24.8. The Bertz CT molecular complexity index is 1500. The molecule has 232 valence electrons. The van der Waals surface area contributed by atoms with E-state index in [2.05, 4.69) is 17.4 Å². The van der Waals surface area contributed by atoms with Crippen molar-refractivity contribution in [2.24, 2.45) is 5.92 Å². The highest BCUT2D eigenvalue weighted by Crippen LogP contribution is 2.34. The number of likely N-dealkylation sites (N-methyl/N-ethyl adjacent to an activating group) is 1. The zero-order chi connectivity index (χ0) is 31.0. The molecule has 2 heterocycles. The highest BCUT2D eigenvalue weighted by Gasteiger charge is 2.39. The van der Waals surface area contributed by atoms with Crippen molar-refractivity contribution in [2.75, 3.05) is 32.1 Å². The molecule has 2 aliphatic heterocycles. The van der Waals surface area contributed by atoms with Gasteiger partial charge < -0.3 is 24.6 Å². The average molecular weight is 608 g/mol. The van der Waals surface area contributed by atoms with Crippen molar-refractivity contribution in [1.29, 1.82) is 0 Å². The topological polar surface area (TPSA) is 71.1 Å². The Morgan fingerprint density at radius 3 is 2.41 bits per heavy atom. The number of nitrogens with zero attached hydrogens (tertiary/aromatic N) is 2. The molecule has 3 atom stereocenters. The molecule has 0 unspecified atom stereocenters. The van der Waals surface area contributed by atoms with E-state index in [1.807, 2.05) is 30.1 Å². The van der Waals surface area contributed by atoms with Crippen LogP contribution in [0.1, 0.15) is 45.5 Å². The third-order valence-corrected chi connectivity index (χ3v) is 9.06. The molecule has 3 aliphatic rings. The first-order chi connectivity index (χ1) is 21.1. The first kappa shape index (κ1) is 30.0. The second kappa shape index (κ2) is 12.1. The molecular weight excluding hydrogens is 571 g/mol. The number of anilines is 1. The molecule has 7 nitrogen and oxygen atoms in total. The Labute approximate surface area is 254 Å². The second-order valence-corrected chi connectivity index (χ2v) is 12.0. The maximum absolute atomic E-state index is 13.7. The van der Waals surface area contributed by atoms with E-state index in [1.165, 1.54) is 23.3 Å². The highest BCUT2D eigenvalue weighted by atomic mass is 19.4. The van der Waals surface area contributed by atoms with E-state index in [9.17, 15) is 22.8 Å². The van der Waals surface area contributed by atoms with Crippen LogP contribution in [0.4, 0.5) is 18.9 Å². The minimum atomic E-state index is -4.38. The standard InChI is InChI=1S/C34H36F3N3O4/c1-39(19-21-7-9-25(10-8-21)34(35,36)37)26-11-14-30-28(17-26)33(42)40(2)29-13-12-27(44-31(29)20-43-30)18-38-32(41)24-15-22-5-3-4-6-23(22)16-24/h3-11,14,17,24,27,29,31H,12-13,15-16,18-20H2,1-2H3,(H,38,41)/t27-,29-,31-/m0/s1. The molecule has 44 heavy (non-hydrogen) atoms. The Kier molecular flexibility index (Phi) is 8.28. The van der Waals surface area contributed by atoms with E-state index >= 15 is 0 Å². The first-order valence-corrected chi connectivity index (χ1v) is 15.0. The monoisotopic (exact) mass is 607 g/mol. The van der Waals surface area contributed by atoms with Crippen LogP contribution in [-0.2, 0) is 35.1 Å². The summed E-state index contributed by atoms with van der Waals surface area (Å²) in [7, 11) is 3.60. The molecule has 1 aliphatic carbocycles. The summed E-state index contributed by atoms with van der Waals surface area (Å²) in [6, 6.07) is 18.4. The largest absolute Gasteiger partial charge is 0.490 e. The van der Waals surface area contributed by atoms with Crippen molar-refractivity contribution in [2.45, 2.75) is 56.7 Å². The smallest absolute Gasteiger partial charge is 0.416 e. The third kappa shape index (κ3) is 6.26. The summed E-state index contributed by atoms with van der Waals surface area (Å²) >= 11 is 0. The number of hydrogen-bond donors (Lipinski definition) is 1. The summed E-state index contributed by atoms with van der Waals surface area (Å²) in [5.74, 6) is 0.246. The molecule has 3 aromatic rings. The highest BCUT2D eigenvalue weighted by molar-refractivity contribution is 5.98. The summed E-state index contributed by atoms with van der Waals surface area (Å²) in [4.78, 5) is 30.2. The molecule has 1 N–H and O–H groups in total. The summed E-state index contributed by atoms with van der Waals surface area (Å²) in [5, 5.41) is 3.09. The second-order valence-electron chi connectivity index (χ2n) is 12.0. The van der Waals surface area contributed by atoms with Crippen molar-refractivity contribution in [3.8, 4) is 5.75 Å². The van der Waals surface area contributed by atoms with Gasteiger partial charge in [-0.05, 0) is 72.7 Å². The Morgan fingerprint density at radius 2 is 1.73 bits per heavy atom. The van der Waals surface area contributed by atoms with Crippen LogP contribution in [0.3, 0.4) is 0 Å². The van der Waals surface area contributed by atoms with Crippen LogP contribution < -0.4 is 15.0 Å². The number of benzene rings is 3. The molecule has 6 rings (SSSR count). The van der Waals surface area contributed by atoms with Gasteiger partial charge >= 0.3 is 6.18 Å². The average Bonchev–Trinajstić information content (AvgIpc) is 3.46. The van der Waals surface area contributed by atoms with Crippen molar-refractivity contribution < 1.29 is 32.2 Å². The maximum atomic E-state index is 13.7. The fraction of sp³-hybridized carbons (Fsp3) is 0.412. The number of carbonyl (C=O) groups is 2. The zero-order valence-electron chi connectivity index (χ0n) is 24.8. The van der Waals surface area contributed by atoms with E-state index in [-0.39, 0.29) is 42.6 Å². The van der Waals surface area contributed by atoms with E-state index in [1.54, 1.807) is 24.1 Å². The van der Waals surface area contributed by atoms with Gasteiger partial charge in [0.1, 0.15) is 18.5 Å².